The van der Waals surface area contributed by atoms with Crippen molar-refractivity contribution in [3.8, 4) is 0 Å². The van der Waals surface area contributed by atoms with Gasteiger partial charge in [0, 0.05) is 17.8 Å². The molecule has 0 atom stereocenters. The van der Waals surface area contributed by atoms with E-state index < -0.39 is 26.0 Å². The number of nitrogens with two attached hydrogens (primary N) is 1. The Morgan fingerprint density at radius 3 is 2.09 bits per heavy atom. The van der Waals surface area contributed by atoms with Crippen molar-refractivity contribution in [1.82, 2.24) is 5.32 Å². The number of nitrogens with one attached hydrogen (secondary N) is 2. The molecule has 10 heteroatoms. The number of hydrogen-bond acceptors (Lipinski definition) is 5. The predicted molar refractivity (Wildman–Crippen MR) is 122 cm³/mol. The Balaban J connectivity index is 1.75. The van der Waals surface area contributed by atoms with Crippen LogP contribution in [-0.4, -0.2) is 22.7 Å². The Hall–Kier alpha value is -3.21. The van der Waals surface area contributed by atoms with Crippen LogP contribution in [0.4, 0.5) is 5.69 Å². The Bertz CT molecular complexity index is 1350. The summed E-state index contributed by atoms with van der Waals surface area (Å²) in [6, 6.07) is 17.1. The normalized spacial score (nSPS) is 11.7. The molecule has 3 aromatic rings. The zero-order valence-corrected chi connectivity index (χ0v) is 19.1. The molecule has 0 aliphatic rings. The van der Waals surface area contributed by atoms with Crippen molar-refractivity contribution in [2.45, 2.75) is 30.2 Å². The molecule has 3 aromatic carbocycles. The van der Waals surface area contributed by atoms with Gasteiger partial charge in [0.2, 0.25) is 10.0 Å². The van der Waals surface area contributed by atoms with Crippen LogP contribution in [0, 0.1) is 13.8 Å². The molecule has 0 heterocycles. The molecule has 0 unspecified atom stereocenters. The molecule has 32 heavy (non-hydrogen) atoms. The van der Waals surface area contributed by atoms with E-state index in [0.29, 0.717) is 16.8 Å². The summed E-state index contributed by atoms with van der Waals surface area (Å²) in [6.45, 7) is 3.68. The van der Waals surface area contributed by atoms with Crippen molar-refractivity contribution in [2.75, 3.05) is 4.72 Å². The first-order chi connectivity index (χ1) is 15.0. The summed E-state index contributed by atoms with van der Waals surface area (Å²) in [6.07, 6.45) is 0. The third-order valence-electron chi connectivity index (χ3n) is 4.75. The van der Waals surface area contributed by atoms with E-state index >= 15 is 0 Å². The molecule has 0 aliphatic carbocycles. The molecule has 0 aromatic heterocycles. The van der Waals surface area contributed by atoms with Crippen molar-refractivity contribution in [2.24, 2.45) is 5.14 Å². The number of hydrogen-bond donors (Lipinski definition) is 3. The second-order valence-electron chi connectivity index (χ2n) is 7.32. The molecule has 8 nitrogen and oxygen atoms in total. The van der Waals surface area contributed by atoms with Gasteiger partial charge >= 0.3 is 0 Å². The molecule has 4 N–H and O–H groups in total. The van der Waals surface area contributed by atoms with E-state index in [2.05, 4.69) is 10.0 Å². The van der Waals surface area contributed by atoms with Gasteiger partial charge in [0.05, 0.1) is 9.79 Å². The monoisotopic (exact) mass is 473 g/mol. The molecule has 168 valence electrons. The Labute approximate surface area is 187 Å². The fourth-order valence-corrected chi connectivity index (χ4v) is 4.79. The van der Waals surface area contributed by atoms with E-state index in [4.69, 9.17) is 5.14 Å². The Morgan fingerprint density at radius 1 is 0.875 bits per heavy atom. The number of rotatable bonds is 7. The maximum atomic E-state index is 12.9. The summed E-state index contributed by atoms with van der Waals surface area (Å²) < 4.78 is 50.9. The summed E-state index contributed by atoms with van der Waals surface area (Å²) in [5.74, 6) is -0.465. The number of aryl methyl sites for hydroxylation is 2. The van der Waals surface area contributed by atoms with Gasteiger partial charge in [-0.25, -0.2) is 22.0 Å². The summed E-state index contributed by atoms with van der Waals surface area (Å²) in [5.41, 5.74) is 2.77. The summed E-state index contributed by atoms with van der Waals surface area (Å²) in [5, 5.41) is 7.76. The standard InChI is InChI=1S/C22H23N3O5S2/c1-15-3-9-19(10-4-15)25-32(29,30)21-13-18(8-5-16(21)2)22(26)24-14-17-6-11-20(12-7-17)31(23,27)28/h3-13,25H,14H2,1-2H3,(H,24,26)(H2,23,27,28). The molecular weight excluding hydrogens is 450 g/mol. The fourth-order valence-electron chi connectivity index (χ4n) is 2.94. The van der Waals surface area contributed by atoms with Crippen LogP contribution in [0.3, 0.4) is 0 Å². The first-order valence-electron chi connectivity index (χ1n) is 9.56. The van der Waals surface area contributed by atoms with E-state index in [9.17, 15) is 21.6 Å². The lowest BCUT2D eigenvalue weighted by atomic mass is 10.1. The molecule has 0 fully saturated rings. The highest BCUT2D eigenvalue weighted by atomic mass is 32.2. The fraction of sp³-hybridized carbons (Fsp3) is 0.136. The highest BCUT2D eigenvalue weighted by molar-refractivity contribution is 7.92. The van der Waals surface area contributed by atoms with E-state index in [1.165, 1.54) is 30.3 Å². The first-order valence-corrected chi connectivity index (χ1v) is 12.6. The second-order valence-corrected chi connectivity index (χ2v) is 10.5. The van der Waals surface area contributed by atoms with E-state index in [1.54, 1.807) is 43.3 Å². The molecule has 0 radical (unpaired) electrons. The smallest absolute Gasteiger partial charge is 0.262 e. The number of benzene rings is 3. The van der Waals surface area contributed by atoms with Gasteiger partial charge in [-0.2, -0.15) is 0 Å². The van der Waals surface area contributed by atoms with Gasteiger partial charge in [0.1, 0.15) is 0 Å². The highest BCUT2D eigenvalue weighted by Gasteiger charge is 2.19. The summed E-state index contributed by atoms with van der Waals surface area (Å²) >= 11 is 0. The number of sulfonamides is 2. The molecule has 0 bridgehead atoms. The summed E-state index contributed by atoms with van der Waals surface area (Å²) in [4.78, 5) is 12.6. The quantitative estimate of drug-likeness (QED) is 0.485. The lowest BCUT2D eigenvalue weighted by Crippen LogP contribution is -2.23. The van der Waals surface area contributed by atoms with Gasteiger partial charge in [0.15, 0.2) is 0 Å². The van der Waals surface area contributed by atoms with Crippen LogP contribution in [0.5, 0.6) is 0 Å². The molecule has 3 rings (SSSR count). The number of carbonyl (C=O) groups excluding carboxylic acids is 1. The van der Waals surface area contributed by atoms with Crippen LogP contribution in [0.1, 0.15) is 27.0 Å². The SMILES string of the molecule is Cc1ccc(NS(=O)(=O)c2cc(C(=O)NCc3ccc(S(N)(=O)=O)cc3)ccc2C)cc1. The van der Waals surface area contributed by atoms with Crippen molar-refractivity contribution >= 4 is 31.6 Å². The Kier molecular flexibility index (Phi) is 6.68. The number of primary sulfonamides is 1. The van der Waals surface area contributed by atoms with Crippen LogP contribution in [0.15, 0.2) is 76.5 Å². The lowest BCUT2D eigenvalue weighted by molar-refractivity contribution is 0.0950. The molecule has 0 saturated heterocycles. The van der Waals surface area contributed by atoms with Crippen molar-refractivity contribution in [3.05, 3.63) is 89.0 Å². The maximum Gasteiger partial charge on any atom is 0.262 e. The largest absolute Gasteiger partial charge is 0.348 e. The summed E-state index contributed by atoms with van der Waals surface area (Å²) in [7, 11) is -7.69. The number of carbonyl (C=O) groups is 1. The minimum Gasteiger partial charge on any atom is -0.348 e. The molecule has 0 spiro atoms. The second kappa shape index (κ2) is 9.11. The Morgan fingerprint density at radius 2 is 1.50 bits per heavy atom. The zero-order chi connectivity index (χ0) is 23.5. The zero-order valence-electron chi connectivity index (χ0n) is 17.5. The van der Waals surface area contributed by atoms with Gasteiger partial charge in [-0.05, 0) is 61.4 Å². The van der Waals surface area contributed by atoms with Crippen LogP contribution in [0.25, 0.3) is 0 Å². The topological polar surface area (TPSA) is 135 Å². The lowest BCUT2D eigenvalue weighted by Gasteiger charge is -2.12. The predicted octanol–water partition coefficient (Wildman–Crippen LogP) is 2.68. The molecule has 1 amide bonds. The highest BCUT2D eigenvalue weighted by Crippen LogP contribution is 2.21. The molecule has 0 aliphatic heterocycles. The van der Waals surface area contributed by atoms with Crippen molar-refractivity contribution < 1.29 is 21.6 Å². The average Bonchev–Trinajstić information content (AvgIpc) is 2.73. The third kappa shape index (κ3) is 5.72. The first kappa shape index (κ1) is 23.5. The van der Waals surface area contributed by atoms with Gasteiger partial charge < -0.3 is 5.32 Å². The van der Waals surface area contributed by atoms with Crippen molar-refractivity contribution in [1.29, 1.82) is 0 Å². The number of amides is 1. The van der Waals surface area contributed by atoms with Crippen LogP contribution >= 0.6 is 0 Å². The molecular formula is C22H23N3O5S2. The average molecular weight is 474 g/mol. The third-order valence-corrected chi connectivity index (χ3v) is 7.20. The number of anilines is 1. The van der Waals surface area contributed by atoms with E-state index in [-0.39, 0.29) is 21.9 Å². The van der Waals surface area contributed by atoms with E-state index in [0.717, 1.165) is 5.56 Å². The minimum absolute atomic E-state index is 0.00299. The van der Waals surface area contributed by atoms with E-state index in [1.807, 2.05) is 6.92 Å². The minimum atomic E-state index is -3.90. The maximum absolute atomic E-state index is 12.9. The van der Waals surface area contributed by atoms with Crippen LogP contribution in [0.2, 0.25) is 0 Å². The van der Waals surface area contributed by atoms with Gasteiger partial charge in [-0.1, -0.05) is 35.9 Å². The van der Waals surface area contributed by atoms with Crippen molar-refractivity contribution in [3.63, 3.8) is 0 Å². The molecule has 0 saturated carbocycles. The van der Waals surface area contributed by atoms with Gasteiger partial charge in [-0.15, -0.1) is 0 Å². The van der Waals surface area contributed by atoms with Gasteiger partial charge in [-0.3, -0.25) is 9.52 Å². The van der Waals surface area contributed by atoms with Gasteiger partial charge in [0.25, 0.3) is 15.9 Å². The van der Waals surface area contributed by atoms with Crippen LogP contribution in [-0.2, 0) is 26.6 Å². The van der Waals surface area contributed by atoms with Crippen LogP contribution < -0.4 is 15.2 Å².